The van der Waals surface area contributed by atoms with Crippen LogP contribution in [0.4, 0.5) is 4.79 Å². The van der Waals surface area contributed by atoms with Gasteiger partial charge in [-0.3, -0.25) is 9.59 Å². The smallest absolute Gasteiger partial charge is 0.417 e. The van der Waals surface area contributed by atoms with Crippen LogP contribution in [0.25, 0.3) is 0 Å². The van der Waals surface area contributed by atoms with Gasteiger partial charge in [-0.1, -0.05) is 30.3 Å². The van der Waals surface area contributed by atoms with E-state index < -0.39 is 30.1 Å². The van der Waals surface area contributed by atoms with Crippen LogP contribution in [0.15, 0.2) is 30.3 Å². The van der Waals surface area contributed by atoms with Crippen molar-refractivity contribution in [3.63, 3.8) is 0 Å². The first kappa shape index (κ1) is 14.0. The van der Waals surface area contributed by atoms with Crippen LogP contribution in [0, 0.1) is 0 Å². The van der Waals surface area contributed by atoms with E-state index in [2.05, 4.69) is 0 Å². The molecule has 2 amide bonds. The van der Waals surface area contributed by atoms with E-state index in [1.54, 1.807) is 6.92 Å². The van der Waals surface area contributed by atoms with Gasteiger partial charge in [-0.2, -0.15) is 0 Å². The van der Waals surface area contributed by atoms with E-state index in [-0.39, 0.29) is 12.8 Å². The van der Waals surface area contributed by atoms with Crippen molar-refractivity contribution in [2.75, 3.05) is 0 Å². The van der Waals surface area contributed by atoms with Crippen molar-refractivity contribution in [2.45, 2.75) is 31.9 Å². The van der Waals surface area contributed by atoms with Crippen LogP contribution in [0.5, 0.6) is 0 Å². The highest BCUT2D eigenvalue weighted by Gasteiger charge is 2.42. The minimum Gasteiger partial charge on any atom is -0.481 e. The van der Waals surface area contributed by atoms with Crippen LogP contribution < -0.4 is 0 Å². The number of carbonyl (C=O) groups excluding carboxylic acids is 2. The minimum atomic E-state index is -1.07. The van der Waals surface area contributed by atoms with E-state index >= 15 is 0 Å². The summed E-state index contributed by atoms with van der Waals surface area (Å²) in [6, 6.07) is 8.68. The molecule has 0 radical (unpaired) electrons. The van der Waals surface area contributed by atoms with Crippen molar-refractivity contribution in [3.05, 3.63) is 35.9 Å². The zero-order chi connectivity index (χ0) is 14.7. The Labute approximate surface area is 115 Å². The minimum absolute atomic E-state index is 0.212. The molecule has 0 aliphatic carbocycles. The van der Waals surface area contributed by atoms with Gasteiger partial charge in [-0.15, -0.1) is 0 Å². The van der Waals surface area contributed by atoms with E-state index in [1.165, 1.54) is 0 Å². The highest BCUT2D eigenvalue weighted by molar-refractivity contribution is 5.94. The Kier molecular flexibility index (Phi) is 4.02. The number of ether oxygens (including phenoxy) is 1. The molecule has 1 saturated heterocycles. The number of carboxylic acid groups (broad SMARTS) is 1. The highest BCUT2D eigenvalue weighted by atomic mass is 16.6. The first-order valence-corrected chi connectivity index (χ1v) is 6.30. The summed E-state index contributed by atoms with van der Waals surface area (Å²) in [5.74, 6) is -1.60. The average molecular weight is 277 g/mol. The van der Waals surface area contributed by atoms with Crippen LogP contribution >= 0.6 is 0 Å². The summed E-state index contributed by atoms with van der Waals surface area (Å²) in [4.78, 5) is 35.2. The fourth-order valence-corrected chi connectivity index (χ4v) is 2.22. The number of carbonyl (C=O) groups is 3. The summed E-state index contributed by atoms with van der Waals surface area (Å²) in [5, 5.41) is 8.58. The first-order valence-electron chi connectivity index (χ1n) is 6.30. The molecular formula is C14H15NO5. The molecule has 2 rings (SSSR count). The lowest BCUT2D eigenvalue weighted by atomic mass is 10.0. The molecular weight excluding hydrogens is 262 g/mol. The van der Waals surface area contributed by atoms with Crippen LogP contribution in [-0.4, -0.2) is 34.0 Å². The number of rotatable bonds is 4. The largest absolute Gasteiger partial charge is 0.481 e. The molecule has 6 heteroatoms. The fraction of sp³-hybridized carbons (Fsp3) is 0.357. The predicted octanol–water partition coefficient (Wildman–Crippen LogP) is 1.96. The van der Waals surface area contributed by atoms with Gasteiger partial charge in [-0.25, -0.2) is 9.69 Å². The lowest BCUT2D eigenvalue weighted by Gasteiger charge is -2.19. The number of cyclic esters (lactones) is 1. The topological polar surface area (TPSA) is 83.9 Å². The van der Waals surface area contributed by atoms with Crippen LogP contribution in [0.1, 0.15) is 31.4 Å². The van der Waals surface area contributed by atoms with Gasteiger partial charge in [0.05, 0.1) is 12.5 Å². The Morgan fingerprint density at radius 3 is 2.50 bits per heavy atom. The second-order valence-corrected chi connectivity index (χ2v) is 4.61. The van der Waals surface area contributed by atoms with E-state index in [9.17, 15) is 14.4 Å². The molecule has 1 aromatic rings. The number of carboxylic acids is 1. The molecule has 2 atom stereocenters. The zero-order valence-corrected chi connectivity index (χ0v) is 11.0. The lowest BCUT2D eigenvalue weighted by molar-refractivity contribution is -0.140. The molecule has 6 nitrogen and oxygen atoms in total. The number of aliphatic carboxylic acids is 1. The van der Waals surface area contributed by atoms with Crippen LogP contribution in [-0.2, 0) is 14.3 Å². The molecule has 0 bridgehead atoms. The third kappa shape index (κ3) is 2.79. The van der Waals surface area contributed by atoms with Crippen LogP contribution in [0.3, 0.4) is 0 Å². The Bertz CT molecular complexity index is 528. The van der Waals surface area contributed by atoms with Gasteiger partial charge in [-0.05, 0) is 12.5 Å². The number of amides is 2. The quantitative estimate of drug-likeness (QED) is 0.909. The van der Waals surface area contributed by atoms with Crippen molar-refractivity contribution in [1.29, 1.82) is 0 Å². The first-order chi connectivity index (χ1) is 9.50. The van der Waals surface area contributed by atoms with Gasteiger partial charge in [0.2, 0.25) is 5.91 Å². The Balaban J connectivity index is 2.11. The van der Waals surface area contributed by atoms with Crippen molar-refractivity contribution in [3.8, 4) is 0 Å². The molecule has 1 aliphatic heterocycles. The second kappa shape index (κ2) is 5.73. The van der Waals surface area contributed by atoms with Gasteiger partial charge in [0.1, 0.15) is 6.10 Å². The number of hydrogen-bond acceptors (Lipinski definition) is 4. The SMILES string of the molecule is C[C@H]1[C@@H](c2ccccc2)OC(=O)N1C(=O)CCC(=O)O. The summed E-state index contributed by atoms with van der Waals surface area (Å²) in [6.45, 7) is 1.71. The zero-order valence-electron chi connectivity index (χ0n) is 11.0. The van der Waals surface area contributed by atoms with Gasteiger partial charge in [0, 0.05) is 6.42 Å². The maximum atomic E-state index is 11.9. The van der Waals surface area contributed by atoms with Crippen molar-refractivity contribution in [2.24, 2.45) is 0 Å². The molecule has 106 valence electrons. The van der Waals surface area contributed by atoms with Gasteiger partial charge >= 0.3 is 12.1 Å². The summed E-state index contributed by atoms with van der Waals surface area (Å²) >= 11 is 0. The van der Waals surface area contributed by atoms with Crippen molar-refractivity contribution >= 4 is 18.0 Å². The molecule has 0 saturated carbocycles. The number of imide groups is 1. The molecule has 20 heavy (non-hydrogen) atoms. The molecule has 1 fully saturated rings. The number of hydrogen-bond donors (Lipinski definition) is 1. The monoisotopic (exact) mass is 277 g/mol. The van der Waals surface area contributed by atoms with Crippen LogP contribution in [0.2, 0.25) is 0 Å². The molecule has 0 unspecified atom stereocenters. The van der Waals surface area contributed by atoms with E-state index in [4.69, 9.17) is 9.84 Å². The third-order valence-electron chi connectivity index (χ3n) is 3.22. The lowest BCUT2D eigenvalue weighted by Crippen LogP contribution is -2.37. The number of benzene rings is 1. The summed E-state index contributed by atoms with van der Waals surface area (Å²) in [5.41, 5.74) is 0.807. The van der Waals surface area contributed by atoms with Gasteiger partial charge < -0.3 is 9.84 Å². The normalized spacial score (nSPS) is 21.6. The van der Waals surface area contributed by atoms with E-state index in [1.807, 2.05) is 30.3 Å². The van der Waals surface area contributed by atoms with Crippen molar-refractivity contribution < 1.29 is 24.2 Å². The Morgan fingerprint density at radius 1 is 1.25 bits per heavy atom. The molecule has 0 spiro atoms. The average Bonchev–Trinajstić information content (AvgIpc) is 2.72. The molecule has 0 aromatic heterocycles. The van der Waals surface area contributed by atoms with E-state index in [0.717, 1.165) is 10.5 Å². The van der Waals surface area contributed by atoms with E-state index in [0.29, 0.717) is 0 Å². The summed E-state index contributed by atoms with van der Waals surface area (Å²) in [7, 11) is 0. The standard InChI is InChI=1S/C14H15NO5/c1-9-13(10-5-3-2-4-6-10)20-14(19)15(9)11(16)7-8-12(17)18/h2-6,9,13H,7-8H2,1H3,(H,17,18)/t9-,13-/m0/s1. The maximum Gasteiger partial charge on any atom is 0.417 e. The molecule has 1 N–H and O–H groups in total. The number of nitrogens with zero attached hydrogens (tertiary/aromatic N) is 1. The second-order valence-electron chi connectivity index (χ2n) is 4.61. The Hall–Kier alpha value is -2.37. The van der Waals surface area contributed by atoms with Gasteiger partial charge in [0.25, 0.3) is 0 Å². The van der Waals surface area contributed by atoms with Crippen molar-refractivity contribution in [1.82, 2.24) is 4.90 Å². The van der Waals surface area contributed by atoms with Gasteiger partial charge in [0.15, 0.2) is 0 Å². The molecule has 1 heterocycles. The maximum absolute atomic E-state index is 11.9. The summed E-state index contributed by atoms with van der Waals surface area (Å²) in [6.07, 6.45) is -1.75. The Morgan fingerprint density at radius 2 is 1.90 bits per heavy atom. The fourth-order valence-electron chi connectivity index (χ4n) is 2.22. The molecule has 1 aromatic carbocycles. The highest BCUT2D eigenvalue weighted by Crippen LogP contribution is 2.32. The molecule has 1 aliphatic rings. The third-order valence-corrected chi connectivity index (χ3v) is 3.22. The summed E-state index contributed by atoms with van der Waals surface area (Å²) < 4.78 is 5.22. The predicted molar refractivity (Wildman–Crippen MR) is 68.8 cm³/mol.